The van der Waals surface area contributed by atoms with Gasteiger partial charge in [0.15, 0.2) is 5.96 Å². The second kappa shape index (κ2) is 7.84. The summed E-state index contributed by atoms with van der Waals surface area (Å²) in [5, 5.41) is 12.2. The Morgan fingerprint density at radius 2 is 2.16 bits per heavy atom. The first-order valence-electron chi connectivity index (χ1n) is 8.05. The minimum Gasteiger partial charge on any atom is -0.361 e. The van der Waals surface area contributed by atoms with Crippen LogP contribution in [0.25, 0.3) is 10.2 Å². The van der Waals surface area contributed by atoms with Gasteiger partial charge in [0.25, 0.3) is 0 Å². The van der Waals surface area contributed by atoms with Crippen LogP contribution in [0.4, 0.5) is 0 Å². The van der Waals surface area contributed by atoms with Crippen LogP contribution in [-0.4, -0.2) is 22.6 Å². The van der Waals surface area contributed by atoms with Crippen molar-refractivity contribution in [1.82, 2.24) is 20.8 Å². The molecule has 0 fully saturated rings. The van der Waals surface area contributed by atoms with Gasteiger partial charge in [-0.1, -0.05) is 16.8 Å². The number of guanidine groups is 1. The topological polar surface area (TPSA) is 75.3 Å². The molecule has 2 heterocycles. The number of hydrogen-bond donors (Lipinski definition) is 2. The summed E-state index contributed by atoms with van der Waals surface area (Å²) in [6.07, 6.45) is 0. The Morgan fingerprint density at radius 3 is 2.88 bits per heavy atom. The smallest absolute Gasteiger partial charge is 0.191 e. The average molecular weight is 378 g/mol. The number of aromatic nitrogens is 2. The summed E-state index contributed by atoms with van der Waals surface area (Å²) in [6.45, 7) is 7.76. The summed E-state index contributed by atoms with van der Waals surface area (Å²) < 4.78 is 6.30. The summed E-state index contributed by atoms with van der Waals surface area (Å²) in [7, 11) is 0. The molecule has 2 aromatic heterocycles. The van der Waals surface area contributed by atoms with E-state index in [0.717, 1.165) is 44.7 Å². The minimum absolute atomic E-state index is 0.520. The van der Waals surface area contributed by atoms with Crippen LogP contribution in [0.5, 0.6) is 0 Å². The molecule has 0 aliphatic carbocycles. The Morgan fingerprint density at radius 1 is 1.32 bits per heavy atom. The van der Waals surface area contributed by atoms with Crippen LogP contribution < -0.4 is 10.6 Å². The van der Waals surface area contributed by atoms with Crippen molar-refractivity contribution in [3.05, 3.63) is 45.2 Å². The van der Waals surface area contributed by atoms with Crippen molar-refractivity contribution in [2.75, 3.05) is 6.54 Å². The minimum atomic E-state index is 0.520. The van der Waals surface area contributed by atoms with Gasteiger partial charge in [0.05, 0.1) is 29.0 Å². The van der Waals surface area contributed by atoms with Gasteiger partial charge in [0.1, 0.15) is 10.8 Å². The Bertz CT molecular complexity index is 882. The molecule has 0 saturated carbocycles. The SMILES string of the molecule is CCNC(=NCc1c(C)noc1C)NCc1nc2cc(Cl)ccc2s1. The molecule has 0 radical (unpaired) electrons. The Balaban J connectivity index is 1.69. The number of hydrogen-bond acceptors (Lipinski definition) is 5. The number of nitrogens with one attached hydrogen (secondary N) is 2. The van der Waals surface area contributed by atoms with Gasteiger partial charge in [-0.05, 0) is 39.0 Å². The first-order chi connectivity index (χ1) is 12.1. The molecule has 8 heteroatoms. The lowest BCUT2D eigenvalue weighted by molar-refractivity contribution is 0.392. The largest absolute Gasteiger partial charge is 0.361 e. The van der Waals surface area contributed by atoms with E-state index < -0.39 is 0 Å². The highest BCUT2D eigenvalue weighted by Gasteiger charge is 2.09. The highest BCUT2D eigenvalue weighted by Crippen LogP contribution is 2.24. The van der Waals surface area contributed by atoms with Crippen LogP contribution >= 0.6 is 22.9 Å². The molecular formula is C17H20ClN5OS. The molecule has 3 aromatic rings. The van der Waals surface area contributed by atoms with E-state index in [1.165, 1.54) is 0 Å². The predicted octanol–water partition coefficient (Wildman–Crippen LogP) is 3.81. The monoisotopic (exact) mass is 377 g/mol. The molecule has 0 atom stereocenters. The van der Waals surface area contributed by atoms with Gasteiger partial charge in [0, 0.05) is 17.1 Å². The van der Waals surface area contributed by atoms with Crippen LogP contribution in [-0.2, 0) is 13.1 Å². The third kappa shape index (κ3) is 4.29. The van der Waals surface area contributed by atoms with Crippen molar-refractivity contribution in [1.29, 1.82) is 0 Å². The number of rotatable bonds is 5. The maximum atomic E-state index is 6.02. The fraction of sp³-hybridized carbons (Fsp3) is 0.353. The third-order valence-electron chi connectivity index (χ3n) is 3.72. The number of thiazole rings is 1. The molecule has 0 aliphatic rings. The zero-order chi connectivity index (χ0) is 17.8. The van der Waals surface area contributed by atoms with Gasteiger partial charge in [0.2, 0.25) is 0 Å². The van der Waals surface area contributed by atoms with E-state index in [-0.39, 0.29) is 0 Å². The van der Waals surface area contributed by atoms with E-state index >= 15 is 0 Å². The number of benzene rings is 1. The van der Waals surface area contributed by atoms with Crippen molar-refractivity contribution in [2.45, 2.75) is 33.9 Å². The second-order valence-electron chi connectivity index (χ2n) is 5.57. The van der Waals surface area contributed by atoms with Crippen molar-refractivity contribution in [3.8, 4) is 0 Å². The predicted molar refractivity (Wildman–Crippen MR) is 102 cm³/mol. The average Bonchev–Trinajstić information content (AvgIpc) is 3.13. The van der Waals surface area contributed by atoms with Crippen LogP contribution in [0.15, 0.2) is 27.7 Å². The van der Waals surface area contributed by atoms with Crippen molar-refractivity contribution >= 4 is 39.1 Å². The van der Waals surface area contributed by atoms with Crippen molar-refractivity contribution < 1.29 is 4.52 Å². The standard InChI is InChI=1S/C17H20ClN5OS/c1-4-19-17(20-8-13-10(2)23-24-11(13)3)21-9-16-22-14-7-12(18)5-6-15(14)25-16/h5-7H,4,8-9H2,1-3H3,(H2,19,20,21). The van der Waals surface area contributed by atoms with Crippen LogP contribution in [0.1, 0.15) is 28.9 Å². The second-order valence-corrected chi connectivity index (χ2v) is 7.12. The number of nitrogens with zero attached hydrogens (tertiary/aromatic N) is 3. The Labute approximate surface area is 155 Å². The zero-order valence-corrected chi connectivity index (χ0v) is 16.0. The van der Waals surface area contributed by atoms with Gasteiger partial charge < -0.3 is 15.2 Å². The maximum absolute atomic E-state index is 6.02. The van der Waals surface area contributed by atoms with Gasteiger partial charge in [-0.15, -0.1) is 11.3 Å². The van der Waals surface area contributed by atoms with Gasteiger partial charge in [-0.25, -0.2) is 9.98 Å². The number of aliphatic imine (C=N–C) groups is 1. The molecule has 132 valence electrons. The Kier molecular flexibility index (Phi) is 5.55. The van der Waals surface area contributed by atoms with E-state index in [4.69, 9.17) is 16.1 Å². The first kappa shape index (κ1) is 17.7. The lowest BCUT2D eigenvalue weighted by atomic mass is 10.2. The van der Waals surface area contributed by atoms with Crippen molar-refractivity contribution in [3.63, 3.8) is 0 Å². The fourth-order valence-electron chi connectivity index (χ4n) is 2.41. The van der Waals surface area contributed by atoms with Gasteiger partial charge in [-0.3, -0.25) is 0 Å². The van der Waals surface area contributed by atoms with E-state index in [0.29, 0.717) is 18.1 Å². The number of fused-ring (bicyclic) bond motifs is 1. The van der Waals surface area contributed by atoms with Crippen LogP contribution in [0.3, 0.4) is 0 Å². The van der Waals surface area contributed by atoms with E-state index in [9.17, 15) is 0 Å². The van der Waals surface area contributed by atoms with Gasteiger partial charge >= 0.3 is 0 Å². The first-order valence-corrected chi connectivity index (χ1v) is 9.25. The summed E-state index contributed by atoms with van der Waals surface area (Å²) in [5.41, 5.74) is 2.82. The molecule has 6 nitrogen and oxygen atoms in total. The fourth-order valence-corrected chi connectivity index (χ4v) is 3.46. The summed E-state index contributed by atoms with van der Waals surface area (Å²) in [6, 6.07) is 5.76. The summed E-state index contributed by atoms with van der Waals surface area (Å²) >= 11 is 7.67. The maximum Gasteiger partial charge on any atom is 0.191 e. The molecule has 0 spiro atoms. The highest BCUT2D eigenvalue weighted by atomic mass is 35.5. The summed E-state index contributed by atoms with van der Waals surface area (Å²) in [4.78, 5) is 9.22. The lowest BCUT2D eigenvalue weighted by Crippen LogP contribution is -2.36. The molecule has 0 aliphatic heterocycles. The Hall–Kier alpha value is -2.12. The molecule has 25 heavy (non-hydrogen) atoms. The highest BCUT2D eigenvalue weighted by molar-refractivity contribution is 7.18. The van der Waals surface area contributed by atoms with Crippen LogP contribution in [0, 0.1) is 13.8 Å². The molecule has 0 saturated heterocycles. The van der Waals surface area contributed by atoms with Crippen LogP contribution in [0.2, 0.25) is 5.02 Å². The molecule has 1 aromatic carbocycles. The molecular weight excluding hydrogens is 358 g/mol. The van der Waals surface area contributed by atoms with E-state index in [2.05, 4.69) is 25.8 Å². The zero-order valence-electron chi connectivity index (χ0n) is 14.4. The quantitative estimate of drug-likeness (QED) is 0.522. The number of halogens is 1. The molecule has 0 bridgehead atoms. The molecule has 3 rings (SSSR count). The van der Waals surface area contributed by atoms with E-state index in [1.54, 1.807) is 11.3 Å². The van der Waals surface area contributed by atoms with E-state index in [1.807, 2.05) is 39.0 Å². The molecule has 2 N–H and O–H groups in total. The van der Waals surface area contributed by atoms with Crippen molar-refractivity contribution in [2.24, 2.45) is 4.99 Å². The number of aryl methyl sites for hydroxylation is 2. The summed E-state index contributed by atoms with van der Waals surface area (Å²) in [5.74, 6) is 1.54. The normalized spacial score (nSPS) is 11.9. The molecule has 0 unspecified atom stereocenters. The lowest BCUT2D eigenvalue weighted by Gasteiger charge is -2.09. The van der Waals surface area contributed by atoms with Gasteiger partial charge in [-0.2, -0.15) is 0 Å². The third-order valence-corrected chi connectivity index (χ3v) is 4.99. The molecule has 0 amide bonds.